The summed E-state index contributed by atoms with van der Waals surface area (Å²) in [5.41, 5.74) is 1.29. The zero-order valence-corrected chi connectivity index (χ0v) is 17.4. The zero-order valence-electron chi connectivity index (χ0n) is 17.4. The van der Waals surface area contributed by atoms with Gasteiger partial charge in [-0.15, -0.1) is 0 Å². The van der Waals surface area contributed by atoms with Crippen LogP contribution in [-0.2, 0) is 6.61 Å². The molecule has 154 valence electrons. The zero-order chi connectivity index (χ0) is 20.0. The minimum absolute atomic E-state index is 0.0741. The summed E-state index contributed by atoms with van der Waals surface area (Å²) >= 11 is 0. The van der Waals surface area contributed by atoms with Crippen molar-refractivity contribution in [1.82, 2.24) is 5.32 Å². The second kappa shape index (κ2) is 7.55. The number of amides is 1. The van der Waals surface area contributed by atoms with Crippen LogP contribution in [0.25, 0.3) is 0 Å². The third kappa shape index (κ3) is 3.82. The summed E-state index contributed by atoms with van der Waals surface area (Å²) in [6.07, 6.45) is 6.61. The first-order chi connectivity index (χ1) is 14.0. The molecule has 1 N–H and O–H groups in total. The van der Waals surface area contributed by atoms with Crippen LogP contribution in [0.1, 0.15) is 73.7 Å². The lowest BCUT2D eigenvalue weighted by atomic mass is 9.54. The van der Waals surface area contributed by atoms with Gasteiger partial charge < -0.3 is 14.5 Å². The smallest absolute Gasteiger partial charge is 0.287 e. The summed E-state index contributed by atoms with van der Waals surface area (Å²) in [5, 5.41) is 3.31. The number of ether oxygens (including phenoxy) is 1. The normalized spacial score (nSPS) is 30.0. The molecular weight excluding hydrogens is 362 g/mol. The lowest BCUT2D eigenvalue weighted by molar-refractivity contribution is -0.0123. The second-order valence-electron chi connectivity index (χ2n) is 9.71. The molecule has 1 aromatic carbocycles. The number of hydrogen-bond acceptors (Lipinski definition) is 3. The molecule has 0 spiro atoms. The Balaban J connectivity index is 1.17. The van der Waals surface area contributed by atoms with Crippen molar-refractivity contribution in [3.05, 3.63) is 53.5 Å². The highest BCUT2D eigenvalue weighted by molar-refractivity contribution is 5.91. The molecule has 4 heteroatoms. The summed E-state index contributed by atoms with van der Waals surface area (Å²) in [5.74, 6) is 5.47. The van der Waals surface area contributed by atoms with Gasteiger partial charge in [-0.05, 0) is 91.5 Å². The molecule has 1 aromatic heterocycles. The number of hydrogen-bond donors (Lipinski definition) is 1. The molecular formula is C25H31NO3. The fourth-order valence-corrected chi connectivity index (χ4v) is 6.06. The lowest BCUT2D eigenvalue weighted by Gasteiger charge is -2.54. The molecule has 4 saturated carbocycles. The first kappa shape index (κ1) is 18.8. The second-order valence-corrected chi connectivity index (χ2v) is 9.71. The van der Waals surface area contributed by atoms with Gasteiger partial charge in [0.15, 0.2) is 5.76 Å². The fourth-order valence-electron chi connectivity index (χ4n) is 6.06. The van der Waals surface area contributed by atoms with Crippen molar-refractivity contribution in [2.24, 2.45) is 23.7 Å². The minimum atomic E-state index is -0.0741. The third-order valence-corrected chi connectivity index (χ3v) is 7.34. The molecule has 4 bridgehead atoms. The Morgan fingerprint density at radius 1 is 1.00 bits per heavy atom. The highest BCUT2D eigenvalue weighted by Gasteiger charge is 2.48. The summed E-state index contributed by atoms with van der Waals surface area (Å²) in [7, 11) is 0. The van der Waals surface area contributed by atoms with Crippen molar-refractivity contribution in [2.75, 3.05) is 0 Å². The van der Waals surface area contributed by atoms with E-state index in [1.165, 1.54) is 37.7 Å². The number of furan rings is 1. The van der Waals surface area contributed by atoms with E-state index in [1.807, 2.05) is 18.2 Å². The molecule has 2 aromatic rings. The standard InChI is InChI=1S/C25H31NO3/c1-15(2)18-3-5-21(6-4-18)28-14-22-7-8-23(29-22)25(27)26-24-19-10-16-9-17(12-19)13-20(24)11-16/h3-8,15-17,19-20,24H,9-14H2,1-2H3,(H,26,27). The SMILES string of the molecule is CC(C)c1ccc(OCc2ccc(C(=O)NC3C4CC5CC(C4)CC3C5)o2)cc1. The third-order valence-electron chi connectivity index (χ3n) is 7.34. The van der Waals surface area contributed by atoms with E-state index in [4.69, 9.17) is 9.15 Å². The molecule has 0 aliphatic heterocycles. The van der Waals surface area contributed by atoms with Crippen LogP contribution >= 0.6 is 0 Å². The van der Waals surface area contributed by atoms with Crippen molar-refractivity contribution < 1.29 is 13.9 Å². The van der Waals surface area contributed by atoms with Gasteiger partial charge in [-0.2, -0.15) is 0 Å². The summed E-state index contributed by atoms with van der Waals surface area (Å²) in [6.45, 7) is 4.68. The number of carbonyl (C=O) groups is 1. The maximum absolute atomic E-state index is 12.8. The van der Waals surface area contributed by atoms with Crippen LogP contribution in [0.3, 0.4) is 0 Å². The van der Waals surface area contributed by atoms with Crippen LogP contribution in [0.15, 0.2) is 40.8 Å². The minimum Gasteiger partial charge on any atom is -0.486 e. The van der Waals surface area contributed by atoms with Gasteiger partial charge in [-0.3, -0.25) is 4.79 Å². The maximum atomic E-state index is 12.8. The Labute approximate surface area is 173 Å². The number of carbonyl (C=O) groups excluding carboxylic acids is 1. The van der Waals surface area contributed by atoms with Crippen LogP contribution in [0, 0.1) is 23.7 Å². The van der Waals surface area contributed by atoms with Gasteiger partial charge in [0.05, 0.1) is 0 Å². The summed E-state index contributed by atoms with van der Waals surface area (Å²) in [6, 6.07) is 12.1. The predicted octanol–water partition coefficient (Wildman–Crippen LogP) is 5.54. The first-order valence-electron chi connectivity index (χ1n) is 11.2. The van der Waals surface area contributed by atoms with Gasteiger partial charge in [0.25, 0.3) is 5.91 Å². The van der Waals surface area contributed by atoms with Crippen LogP contribution in [-0.4, -0.2) is 11.9 Å². The molecule has 4 aliphatic rings. The average Bonchev–Trinajstić information content (AvgIpc) is 3.18. The van der Waals surface area contributed by atoms with Gasteiger partial charge in [0.1, 0.15) is 18.1 Å². The van der Waals surface area contributed by atoms with Crippen LogP contribution < -0.4 is 10.1 Å². The van der Waals surface area contributed by atoms with E-state index in [9.17, 15) is 4.79 Å². The molecule has 4 nitrogen and oxygen atoms in total. The first-order valence-corrected chi connectivity index (χ1v) is 11.2. The van der Waals surface area contributed by atoms with E-state index in [1.54, 1.807) is 6.07 Å². The van der Waals surface area contributed by atoms with Gasteiger partial charge in [-0.1, -0.05) is 26.0 Å². The number of benzene rings is 1. The molecule has 1 amide bonds. The fraction of sp³-hybridized carbons (Fsp3) is 0.560. The van der Waals surface area contributed by atoms with Crippen LogP contribution in [0.4, 0.5) is 0 Å². The molecule has 4 aliphatic carbocycles. The Kier molecular flexibility index (Phi) is 4.89. The van der Waals surface area contributed by atoms with Crippen LogP contribution in [0.5, 0.6) is 5.75 Å². The van der Waals surface area contributed by atoms with Crippen molar-refractivity contribution in [2.45, 2.75) is 64.5 Å². The summed E-state index contributed by atoms with van der Waals surface area (Å²) < 4.78 is 11.6. The Hall–Kier alpha value is -2.23. The van der Waals surface area contributed by atoms with Gasteiger partial charge in [-0.25, -0.2) is 0 Å². The monoisotopic (exact) mass is 393 g/mol. The van der Waals surface area contributed by atoms with Gasteiger partial charge in [0, 0.05) is 6.04 Å². The number of rotatable bonds is 6. The highest BCUT2D eigenvalue weighted by Crippen LogP contribution is 2.53. The summed E-state index contributed by atoms with van der Waals surface area (Å²) in [4.78, 5) is 12.8. The maximum Gasteiger partial charge on any atom is 0.287 e. The van der Waals surface area contributed by atoms with E-state index >= 15 is 0 Å². The van der Waals surface area contributed by atoms with Crippen LogP contribution in [0.2, 0.25) is 0 Å². The highest BCUT2D eigenvalue weighted by atomic mass is 16.5. The largest absolute Gasteiger partial charge is 0.486 e. The van der Waals surface area contributed by atoms with Crippen molar-refractivity contribution >= 4 is 5.91 Å². The predicted molar refractivity (Wildman–Crippen MR) is 112 cm³/mol. The van der Waals surface area contributed by atoms with Gasteiger partial charge >= 0.3 is 0 Å². The number of nitrogens with one attached hydrogen (secondary N) is 1. The molecule has 0 unspecified atom stereocenters. The molecule has 6 rings (SSSR count). The average molecular weight is 394 g/mol. The van der Waals surface area contributed by atoms with E-state index in [0.29, 0.717) is 41.9 Å². The van der Waals surface area contributed by atoms with Crippen molar-refractivity contribution in [3.63, 3.8) is 0 Å². The lowest BCUT2D eigenvalue weighted by Crippen LogP contribution is -2.55. The van der Waals surface area contributed by atoms with E-state index in [2.05, 4.69) is 31.3 Å². The molecule has 0 atom stereocenters. The van der Waals surface area contributed by atoms with Crippen molar-refractivity contribution in [1.29, 1.82) is 0 Å². The van der Waals surface area contributed by atoms with Gasteiger partial charge in [0.2, 0.25) is 0 Å². The molecule has 0 saturated heterocycles. The Morgan fingerprint density at radius 3 is 2.28 bits per heavy atom. The molecule has 1 heterocycles. The topological polar surface area (TPSA) is 51.5 Å². The van der Waals surface area contributed by atoms with E-state index in [-0.39, 0.29) is 5.91 Å². The molecule has 4 fully saturated rings. The van der Waals surface area contributed by atoms with Crippen molar-refractivity contribution in [3.8, 4) is 5.75 Å². The molecule has 29 heavy (non-hydrogen) atoms. The quantitative estimate of drug-likeness (QED) is 0.701. The van der Waals surface area contributed by atoms with E-state index in [0.717, 1.165) is 17.6 Å². The Bertz CT molecular complexity index is 838. The molecule has 0 radical (unpaired) electrons. The van der Waals surface area contributed by atoms with E-state index < -0.39 is 0 Å². The Morgan fingerprint density at radius 2 is 1.66 bits per heavy atom.